The van der Waals surface area contributed by atoms with Gasteiger partial charge in [-0.15, -0.1) is 11.8 Å². The van der Waals surface area contributed by atoms with Gasteiger partial charge in [-0.05, 0) is 61.1 Å². The Morgan fingerprint density at radius 1 is 0.585 bits per heavy atom. The molecule has 224 valence electrons. The highest BCUT2D eigenvalue weighted by Crippen LogP contribution is 2.46. The molecule has 0 heterocycles. The third-order valence-corrected chi connectivity index (χ3v) is 8.04. The molecule has 9 heteroatoms. The van der Waals surface area contributed by atoms with E-state index in [1.54, 1.807) is 0 Å². The Bertz CT molecular complexity index is 1020. The van der Waals surface area contributed by atoms with Crippen LogP contribution in [0.25, 0.3) is 0 Å². The summed E-state index contributed by atoms with van der Waals surface area (Å²) in [6, 6.07) is 16.1. The second kappa shape index (κ2) is 18.9. The fraction of sp³-hybridized carbons (Fsp3) is 0.500. The van der Waals surface area contributed by atoms with Gasteiger partial charge < -0.3 is 20.1 Å². The summed E-state index contributed by atoms with van der Waals surface area (Å²) in [6.07, 6.45) is 7.46. The van der Waals surface area contributed by atoms with Crippen LogP contribution in [0.4, 0.5) is 11.4 Å². The Kier molecular flexibility index (Phi) is 15.6. The van der Waals surface area contributed by atoms with Crippen molar-refractivity contribution in [1.82, 2.24) is 0 Å². The lowest BCUT2D eigenvalue weighted by molar-refractivity contribution is -0.142. The normalized spacial score (nSPS) is 12.2. The average Bonchev–Trinajstić information content (AvgIpc) is 2.91. The van der Waals surface area contributed by atoms with Crippen LogP contribution in [0.15, 0.2) is 48.5 Å². The maximum absolute atomic E-state index is 11.5. The Morgan fingerprint density at radius 3 is 1.27 bits per heavy atom. The van der Waals surface area contributed by atoms with E-state index in [0.717, 1.165) is 62.7 Å². The Morgan fingerprint density at radius 2 is 0.951 bits per heavy atom. The largest absolute Gasteiger partial charge is 0.466 e. The zero-order valence-electron chi connectivity index (χ0n) is 24.7. The van der Waals surface area contributed by atoms with Gasteiger partial charge in [0, 0.05) is 49.6 Å². The second-order valence-corrected chi connectivity index (χ2v) is 11.5. The molecule has 2 rings (SSSR count). The highest BCUT2D eigenvalue weighted by molar-refractivity contribution is 7.99. The minimum Gasteiger partial charge on any atom is -0.466 e. The number of rotatable bonds is 18. The highest BCUT2D eigenvalue weighted by atomic mass is 32.2. The van der Waals surface area contributed by atoms with Crippen LogP contribution < -0.4 is 10.6 Å². The summed E-state index contributed by atoms with van der Waals surface area (Å²) in [6.45, 7) is 6.73. The molecule has 0 aliphatic carbocycles. The lowest BCUT2D eigenvalue weighted by atomic mass is 10.0. The lowest BCUT2D eigenvalue weighted by Crippen LogP contribution is -2.07. The van der Waals surface area contributed by atoms with E-state index in [4.69, 9.17) is 9.47 Å². The molecule has 8 nitrogen and oxygen atoms in total. The minimum atomic E-state index is -0.252. The van der Waals surface area contributed by atoms with Crippen molar-refractivity contribution in [1.29, 1.82) is 0 Å². The van der Waals surface area contributed by atoms with Crippen molar-refractivity contribution in [2.75, 3.05) is 23.8 Å². The molecule has 2 aromatic carbocycles. The number of esters is 2. The Balaban J connectivity index is 2.18. The maximum Gasteiger partial charge on any atom is 0.302 e. The predicted octanol–water partition coefficient (Wildman–Crippen LogP) is 7.37. The van der Waals surface area contributed by atoms with Gasteiger partial charge >= 0.3 is 11.9 Å². The first-order valence-corrected chi connectivity index (χ1v) is 15.3. The first-order valence-electron chi connectivity index (χ1n) is 14.3. The molecule has 2 N–H and O–H groups in total. The Labute approximate surface area is 248 Å². The predicted molar refractivity (Wildman–Crippen MR) is 165 cm³/mol. The number of carbonyl (C=O) groups excluding carboxylic acids is 4. The van der Waals surface area contributed by atoms with Crippen LogP contribution in [0.5, 0.6) is 0 Å². The van der Waals surface area contributed by atoms with Crippen molar-refractivity contribution in [3.05, 3.63) is 59.7 Å². The molecule has 2 unspecified atom stereocenters. The van der Waals surface area contributed by atoms with Crippen LogP contribution in [-0.4, -0.2) is 37.0 Å². The van der Waals surface area contributed by atoms with Gasteiger partial charge in [0.25, 0.3) is 0 Å². The van der Waals surface area contributed by atoms with E-state index in [-0.39, 0.29) is 34.3 Å². The molecule has 0 saturated carbocycles. The fourth-order valence-corrected chi connectivity index (χ4v) is 6.07. The van der Waals surface area contributed by atoms with Crippen molar-refractivity contribution in [2.45, 2.75) is 89.6 Å². The summed E-state index contributed by atoms with van der Waals surface area (Å²) in [5.41, 5.74) is 3.92. The van der Waals surface area contributed by atoms with Crippen LogP contribution in [0.2, 0.25) is 0 Å². The second-order valence-electron chi connectivity index (χ2n) is 10.1. The SMILES string of the molecule is CC(=O)Nc1ccc(C(CCCCCOC(C)=O)SC(CCCCCOC(C)=O)c2ccc(NC(C)=O)cc2)cc1. The number of hydrogen-bond acceptors (Lipinski definition) is 7. The number of hydrogen-bond donors (Lipinski definition) is 2. The van der Waals surface area contributed by atoms with E-state index in [1.807, 2.05) is 36.0 Å². The van der Waals surface area contributed by atoms with Crippen LogP contribution in [0.1, 0.15) is 101 Å². The highest BCUT2D eigenvalue weighted by Gasteiger charge is 2.21. The number of amides is 2. The summed E-state index contributed by atoms with van der Waals surface area (Å²) < 4.78 is 10.2. The lowest BCUT2D eigenvalue weighted by Gasteiger charge is -2.25. The average molecular weight is 585 g/mol. The van der Waals surface area contributed by atoms with Gasteiger partial charge in [-0.1, -0.05) is 49.9 Å². The topological polar surface area (TPSA) is 111 Å². The quantitative estimate of drug-likeness (QED) is 0.139. The van der Waals surface area contributed by atoms with E-state index in [0.29, 0.717) is 13.2 Å². The van der Waals surface area contributed by atoms with E-state index < -0.39 is 0 Å². The zero-order chi connectivity index (χ0) is 30.0. The van der Waals surface area contributed by atoms with Gasteiger partial charge in [0.2, 0.25) is 11.8 Å². The number of anilines is 2. The molecule has 0 bridgehead atoms. The number of carbonyl (C=O) groups is 4. The van der Waals surface area contributed by atoms with Crippen molar-refractivity contribution < 1.29 is 28.7 Å². The maximum atomic E-state index is 11.5. The number of benzene rings is 2. The van der Waals surface area contributed by atoms with Gasteiger partial charge in [0.15, 0.2) is 0 Å². The molecule has 0 fully saturated rings. The summed E-state index contributed by atoms with van der Waals surface area (Å²) in [5, 5.41) is 6.11. The standard InChI is InChI=1S/C32H44N2O6S/c1-23(35)33-29-17-13-27(14-18-29)31(11-7-5-9-21-39-25(3)37)41-32(12-8-6-10-22-40-26(4)38)28-15-19-30(20-16-28)34-24(2)36/h13-20,31-32H,5-12,21-22H2,1-4H3,(H,33,35)(H,34,36). The fourth-order valence-electron chi connectivity index (χ4n) is 4.44. The number of nitrogens with one attached hydrogen (secondary N) is 2. The van der Waals surface area contributed by atoms with Crippen molar-refractivity contribution in [3.8, 4) is 0 Å². The number of ether oxygens (including phenoxy) is 2. The van der Waals surface area contributed by atoms with E-state index >= 15 is 0 Å². The molecule has 0 radical (unpaired) electrons. The smallest absolute Gasteiger partial charge is 0.302 e. The first-order chi connectivity index (χ1) is 19.6. The molecular weight excluding hydrogens is 540 g/mol. The van der Waals surface area contributed by atoms with Crippen molar-refractivity contribution in [2.24, 2.45) is 0 Å². The summed E-state index contributed by atoms with van der Waals surface area (Å²) in [7, 11) is 0. The van der Waals surface area contributed by atoms with E-state index in [2.05, 4.69) is 34.9 Å². The van der Waals surface area contributed by atoms with Crippen LogP contribution in [0, 0.1) is 0 Å². The molecule has 0 aromatic heterocycles. The van der Waals surface area contributed by atoms with Crippen molar-refractivity contribution >= 4 is 46.9 Å². The Hall–Kier alpha value is -3.33. The van der Waals surface area contributed by atoms with Crippen LogP contribution in [0.3, 0.4) is 0 Å². The summed E-state index contributed by atoms with van der Waals surface area (Å²) >= 11 is 1.93. The van der Waals surface area contributed by atoms with Crippen LogP contribution >= 0.6 is 11.8 Å². The van der Waals surface area contributed by atoms with Gasteiger partial charge in [-0.2, -0.15) is 0 Å². The number of unbranched alkanes of at least 4 members (excludes halogenated alkanes) is 4. The monoisotopic (exact) mass is 584 g/mol. The molecule has 0 spiro atoms. The molecule has 0 aliphatic rings. The first kappa shape index (κ1) is 33.9. The van der Waals surface area contributed by atoms with Gasteiger partial charge in [0.05, 0.1) is 13.2 Å². The third kappa shape index (κ3) is 14.7. The molecule has 2 atom stereocenters. The van der Waals surface area contributed by atoms with E-state index in [9.17, 15) is 19.2 Å². The molecule has 2 aromatic rings. The van der Waals surface area contributed by atoms with Gasteiger partial charge in [-0.25, -0.2) is 0 Å². The van der Waals surface area contributed by atoms with E-state index in [1.165, 1.54) is 38.8 Å². The number of thioether (sulfide) groups is 1. The van der Waals surface area contributed by atoms with Gasteiger partial charge in [0.1, 0.15) is 0 Å². The van der Waals surface area contributed by atoms with Gasteiger partial charge in [-0.3, -0.25) is 19.2 Å². The molecule has 0 saturated heterocycles. The molecule has 0 aliphatic heterocycles. The third-order valence-electron chi connectivity index (χ3n) is 6.37. The van der Waals surface area contributed by atoms with Crippen LogP contribution in [-0.2, 0) is 28.7 Å². The molecule has 41 heavy (non-hydrogen) atoms. The minimum absolute atomic E-state index is 0.104. The summed E-state index contributed by atoms with van der Waals surface area (Å²) in [4.78, 5) is 45.1. The van der Waals surface area contributed by atoms with Crippen molar-refractivity contribution in [3.63, 3.8) is 0 Å². The molecular formula is C32H44N2O6S. The zero-order valence-corrected chi connectivity index (χ0v) is 25.5. The molecule has 2 amide bonds. The summed E-state index contributed by atoms with van der Waals surface area (Å²) in [5.74, 6) is -0.711.